The fourth-order valence-electron chi connectivity index (χ4n) is 3.82. The third-order valence-corrected chi connectivity index (χ3v) is 6.19. The third-order valence-electron chi connectivity index (χ3n) is 6.19. The molecule has 1 aromatic carbocycles. The molecule has 0 aliphatic rings. The predicted molar refractivity (Wildman–Crippen MR) is 133 cm³/mol. The summed E-state index contributed by atoms with van der Waals surface area (Å²) in [5.41, 5.74) is 2.17. The van der Waals surface area contributed by atoms with Crippen molar-refractivity contribution in [1.29, 1.82) is 0 Å². The molecule has 2 unspecified atom stereocenters. The molecule has 4 heteroatoms. The van der Waals surface area contributed by atoms with E-state index in [-0.39, 0.29) is 0 Å². The molecule has 0 saturated carbocycles. The van der Waals surface area contributed by atoms with Crippen LogP contribution in [0.4, 0.5) is 4.39 Å². The minimum Gasteiger partial charge on any atom is -0.493 e. The van der Waals surface area contributed by atoms with E-state index in [2.05, 4.69) is 30.7 Å². The summed E-state index contributed by atoms with van der Waals surface area (Å²) in [6.07, 6.45) is 16.9. The highest BCUT2D eigenvalue weighted by atomic mass is 19.1. The fraction of sp³-hybridized carbons (Fsp3) is 0.643. The third kappa shape index (κ3) is 10.6. The first-order valence-corrected chi connectivity index (χ1v) is 12.8. The van der Waals surface area contributed by atoms with Crippen LogP contribution in [0.25, 0.3) is 11.4 Å². The Hall–Kier alpha value is -1.97. The standard InChI is InChI=1S/C28H43FN2O/c1-4-6-7-8-9-10-11-12-13-24-21-30-28(31-22-24)25-14-16-27(17-15-25)32-19-18-26(29)20-23(3)5-2/h14-17,21-23,26H,4-13,18-20H2,1-3H3. The molecule has 0 aliphatic heterocycles. The number of aromatic nitrogens is 2. The number of hydrogen-bond acceptors (Lipinski definition) is 3. The van der Waals surface area contributed by atoms with E-state index in [4.69, 9.17) is 4.74 Å². The largest absolute Gasteiger partial charge is 0.493 e. The molecular weight excluding hydrogens is 399 g/mol. The lowest BCUT2D eigenvalue weighted by Gasteiger charge is -2.13. The summed E-state index contributed by atoms with van der Waals surface area (Å²) in [4.78, 5) is 9.09. The van der Waals surface area contributed by atoms with Crippen molar-refractivity contribution in [3.05, 3.63) is 42.2 Å². The highest BCUT2D eigenvalue weighted by Crippen LogP contribution is 2.21. The summed E-state index contributed by atoms with van der Waals surface area (Å²) < 4.78 is 19.7. The van der Waals surface area contributed by atoms with Crippen molar-refractivity contribution in [2.45, 2.75) is 104 Å². The molecule has 2 aromatic rings. The molecule has 0 aliphatic carbocycles. The van der Waals surface area contributed by atoms with Crippen LogP contribution in [0.5, 0.6) is 5.75 Å². The Kier molecular flexibility index (Phi) is 13.0. The number of aryl methyl sites for hydroxylation is 1. The minimum absolute atomic E-state index is 0.404. The minimum atomic E-state index is -0.790. The summed E-state index contributed by atoms with van der Waals surface area (Å²) in [6, 6.07) is 7.76. The number of alkyl halides is 1. The van der Waals surface area contributed by atoms with Crippen molar-refractivity contribution < 1.29 is 9.13 Å². The molecule has 2 atom stereocenters. The second kappa shape index (κ2) is 15.8. The van der Waals surface area contributed by atoms with E-state index >= 15 is 0 Å². The van der Waals surface area contributed by atoms with Gasteiger partial charge in [-0.2, -0.15) is 0 Å². The van der Waals surface area contributed by atoms with Gasteiger partial charge in [0, 0.05) is 24.4 Å². The van der Waals surface area contributed by atoms with E-state index in [1.807, 2.05) is 36.7 Å². The number of nitrogens with zero attached hydrogens (tertiary/aromatic N) is 2. The van der Waals surface area contributed by atoms with Crippen LogP contribution in [-0.2, 0) is 6.42 Å². The lowest BCUT2D eigenvalue weighted by molar-refractivity contribution is 0.207. The first-order valence-electron chi connectivity index (χ1n) is 12.8. The molecule has 1 aromatic heterocycles. The lowest BCUT2D eigenvalue weighted by atomic mass is 10.0. The molecule has 1 heterocycles. The van der Waals surface area contributed by atoms with Gasteiger partial charge in [-0.25, -0.2) is 14.4 Å². The smallest absolute Gasteiger partial charge is 0.159 e. The zero-order valence-electron chi connectivity index (χ0n) is 20.5. The maximum Gasteiger partial charge on any atom is 0.159 e. The molecule has 0 spiro atoms. The molecule has 0 N–H and O–H groups in total. The molecular formula is C28H43FN2O. The van der Waals surface area contributed by atoms with Gasteiger partial charge in [0.2, 0.25) is 0 Å². The van der Waals surface area contributed by atoms with Crippen LogP contribution >= 0.6 is 0 Å². The van der Waals surface area contributed by atoms with Gasteiger partial charge in [0.1, 0.15) is 11.9 Å². The van der Waals surface area contributed by atoms with Crippen molar-refractivity contribution in [2.75, 3.05) is 6.61 Å². The van der Waals surface area contributed by atoms with E-state index in [1.54, 1.807) is 0 Å². The average molecular weight is 443 g/mol. The van der Waals surface area contributed by atoms with Crippen LogP contribution < -0.4 is 4.74 Å². The molecule has 0 saturated heterocycles. The quantitative estimate of drug-likeness (QED) is 0.231. The van der Waals surface area contributed by atoms with Crippen LogP contribution in [0.3, 0.4) is 0 Å². The number of benzene rings is 1. The topological polar surface area (TPSA) is 35.0 Å². The second-order valence-corrected chi connectivity index (χ2v) is 9.15. The van der Waals surface area contributed by atoms with E-state index < -0.39 is 6.17 Å². The Bertz CT molecular complexity index is 717. The Morgan fingerprint density at radius 3 is 2.12 bits per heavy atom. The van der Waals surface area contributed by atoms with Gasteiger partial charge in [-0.15, -0.1) is 0 Å². The van der Waals surface area contributed by atoms with Gasteiger partial charge in [-0.1, -0.05) is 72.1 Å². The summed E-state index contributed by atoms with van der Waals surface area (Å²) in [5.74, 6) is 1.92. The lowest BCUT2D eigenvalue weighted by Crippen LogP contribution is -2.11. The van der Waals surface area contributed by atoms with Gasteiger partial charge in [0.25, 0.3) is 0 Å². The van der Waals surface area contributed by atoms with E-state index in [0.29, 0.717) is 25.4 Å². The number of hydrogen-bond donors (Lipinski definition) is 0. The van der Waals surface area contributed by atoms with Crippen LogP contribution in [0.15, 0.2) is 36.7 Å². The first-order chi connectivity index (χ1) is 15.6. The number of rotatable bonds is 17. The summed E-state index contributed by atoms with van der Waals surface area (Å²) in [6.45, 7) is 6.86. The van der Waals surface area contributed by atoms with Crippen LogP contribution in [0, 0.1) is 5.92 Å². The van der Waals surface area contributed by atoms with Gasteiger partial charge >= 0.3 is 0 Å². The van der Waals surface area contributed by atoms with E-state index in [1.165, 1.54) is 56.9 Å². The van der Waals surface area contributed by atoms with E-state index in [0.717, 1.165) is 30.0 Å². The molecule has 2 rings (SSSR count). The number of ether oxygens (including phenoxy) is 1. The molecule has 3 nitrogen and oxygen atoms in total. The molecule has 0 radical (unpaired) electrons. The summed E-state index contributed by atoms with van der Waals surface area (Å²) in [7, 11) is 0. The van der Waals surface area contributed by atoms with E-state index in [9.17, 15) is 4.39 Å². The molecule has 0 fully saturated rings. The SMILES string of the molecule is CCCCCCCCCCc1cnc(-c2ccc(OCCC(F)CC(C)CC)cc2)nc1. The number of unbranched alkanes of at least 4 members (excludes halogenated alkanes) is 7. The van der Waals surface area contributed by atoms with Gasteiger partial charge in [0.05, 0.1) is 6.61 Å². The summed E-state index contributed by atoms with van der Waals surface area (Å²) in [5, 5.41) is 0. The molecule has 32 heavy (non-hydrogen) atoms. The Morgan fingerprint density at radius 1 is 0.875 bits per heavy atom. The van der Waals surface area contributed by atoms with Gasteiger partial charge < -0.3 is 4.74 Å². The number of halogens is 1. The Balaban J connectivity index is 1.68. The van der Waals surface area contributed by atoms with Crippen LogP contribution in [0.1, 0.15) is 97.0 Å². The summed E-state index contributed by atoms with van der Waals surface area (Å²) >= 11 is 0. The second-order valence-electron chi connectivity index (χ2n) is 9.15. The highest BCUT2D eigenvalue weighted by molar-refractivity contribution is 5.55. The molecule has 0 bridgehead atoms. The van der Waals surface area contributed by atoms with Crippen LogP contribution in [0.2, 0.25) is 0 Å². The van der Waals surface area contributed by atoms with Gasteiger partial charge in [-0.05, 0) is 55.0 Å². The van der Waals surface area contributed by atoms with Gasteiger partial charge in [-0.3, -0.25) is 0 Å². The van der Waals surface area contributed by atoms with Crippen molar-refractivity contribution in [3.63, 3.8) is 0 Å². The Labute approximate surface area is 195 Å². The normalized spacial score (nSPS) is 13.1. The molecule has 178 valence electrons. The maximum atomic E-state index is 13.9. The zero-order valence-corrected chi connectivity index (χ0v) is 20.5. The maximum absolute atomic E-state index is 13.9. The van der Waals surface area contributed by atoms with Crippen molar-refractivity contribution in [3.8, 4) is 17.1 Å². The predicted octanol–water partition coefficient (Wildman–Crippen LogP) is 8.37. The molecule has 0 amide bonds. The van der Waals surface area contributed by atoms with Crippen molar-refractivity contribution >= 4 is 0 Å². The van der Waals surface area contributed by atoms with Crippen molar-refractivity contribution in [2.24, 2.45) is 5.92 Å². The Morgan fingerprint density at radius 2 is 1.50 bits per heavy atom. The highest BCUT2D eigenvalue weighted by Gasteiger charge is 2.11. The van der Waals surface area contributed by atoms with Crippen molar-refractivity contribution in [1.82, 2.24) is 9.97 Å². The fourth-order valence-corrected chi connectivity index (χ4v) is 3.82. The first kappa shape index (κ1) is 26.3. The van der Waals surface area contributed by atoms with Gasteiger partial charge in [0.15, 0.2) is 5.82 Å². The van der Waals surface area contributed by atoms with Crippen LogP contribution in [-0.4, -0.2) is 22.7 Å². The zero-order chi connectivity index (χ0) is 23.0. The monoisotopic (exact) mass is 442 g/mol. The average Bonchev–Trinajstić information content (AvgIpc) is 2.81.